The van der Waals surface area contributed by atoms with Gasteiger partial charge in [-0.1, -0.05) is 29.8 Å². The molecule has 4 heteroatoms. The lowest BCUT2D eigenvalue weighted by molar-refractivity contribution is 0.627. The van der Waals surface area contributed by atoms with E-state index >= 15 is 0 Å². The Balaban J connectivity index is 2.22. The Morgan fingerprint density at radius 3 is 2.44 bits per heavy atom. The summed E-state index contributed by atoms with van der Waals surface area (Å²) < 4.78 is 12.8. The van der Waals surface area contributed by atoms with Gasteiger partial charge < -0.3 is 10.6 Å². The molecule has 2 nitrogen and oxygen atoms in total. The van der Waals surface area contributed by atoms with E-state index in [-0.39, 0.29) is 5.82 Å². The van der Waals surface area contributed by atoms with Gasteiger partial charge in [0.1, 0.15) is 5.82 Å². The van der Waals surface area contributed by atoms with E-state index in [4.69, 9.17) is 17.3 Å². The smallest absolute Gasteiger partial charge is 0.123 e. The number of para-hydroxylation sites is 1. The van der Waals surface area contributed by atoms with Gasteiger partial charge in [0.2, 0.25) is 0 Å². The van der Waals surface area contributed by atoms with E-state index in [1.807, 2.05) is 24.1 Å². The molecule has 2 aromatic carbocycles. The molecule has 0 aliphatic heterocycles. The highest BCUT2D eigenvalue weighted by Gasteiger charge is 2.10. The van der Waals surface area contributed by atoms with Crippen molar-refractivity contribution in [3.8, 4) is 0 Å². The second-order valence-electron chi connectivity index (χ2n) is 4.16. The maximum atomic E-state index is 12.8. The third-order valence-electron chi connectivity index (χ3n) is 2.73. The van der Waals surface area contributed by atoms with Crippen LogP contribution in [0.1, 0.15) is 5.56 Å². The lowest BCUT2D eigenvalue weighted by Crippen LogP contribution is -2.18. The molecule has 0 fully saturated rings. The second kappa shape index (κ2) is 5.27. The molecular formula is C14H14ClFN2. The maximum absolute atomic E-state index is 12.8. The van der Waals surface area contributed by atoms with Crippen molar-refractivity contribution in [1.29, 1.82) is 0 Å². The van der Waals surface area contributed by atoms with Gasteiger partial charge in [-0.2, -0.15) is 0 Å². The maximum Gasteiger partial charge on any atom is 0.123 e. The fourth-order valence-corrected chi connectivity index (χ4v) is 2.20. The Kier molecular flexibility index (Phi) is 3.72. The fourth-order valence-electron chi connectivity index (χ4n) is 1.88. The van der Waals surface area contributed by atoms with E-state index in [1.165, 1.54) is 12.1 Å². The Labute approximate surface area is 111 Å². The van der Waals surface area contributed by atoms with Crippen molar-refractivity contribution in [2.45, 2.75) is 6.54 Å². The molecule has 2 rings (SSSR count). The molecule has 0 aromatic heterocycles. The SMILES string of the molecule is CN(Cc1ccc(F)cc1)c1c(N)cccc1Cl. The van der Waals surface area contributed by atoms with Gasteiger partial charge in [-0.15, -0.1) is 0 Å². The molecule has 0 unspecified atom stereocenters. The summed E-state index contributed by atoms with van der Waals surface area (Å²) in [6.07, 6.45) is 0. The van der Waals surface area contributed by atoms with Gasteiger partial charge >= 0.3 is 0 Å². The highest BCUT2D eigenvalue weighted by atomic mass is 35.5. The summed E-state index contributed by atoms with van der Waals surface area (Å²) in [5.41, 5.74) is 8.34. The average molecular weight is 265 g/mol. The number of hydrogen-bond acceptors (Lipinski definition) is 2. The number of nitrogens with zero attached hydrogens (tertiary/aromatic N) is 1. The fraction of sp³-hybridized carbons (Fsp3) is 0.143. The van der Waals surface area contributed by atoms with Gasteiger partial charge in [-0.25, -0.2) is 4.39 Å². The number of nitrogens with two attached hydrogens (primary N) is 1. The largest absolute Gasteiger partial charge is 0.397 e. The van der Waals surface area contributed by atoms with Crippen molar-refractivity contribution < 1.29 is 4.39 Å². The summed E-state index contributed by atoms with van der Waals surface area (Å²) in [4.78, 5) is 1.95. The first-order valence-corrected chi connectivity index (χ1v) is 5.95. The topological polar surface area (TPSA) is 29.3 Å². The minimum Gasteiger partial charge on any atom is -0.397 e. The summed E-state index contributed by atoms with van der Waals surface area (Å²) in [6.45, 7) is 0.619. The standard InChI is InChI=1S/C14H14ClFN2/c1-18(9-10-5-7-11(16)8-6-10)14-12(15)3-2-4-13(14)17/h2-8H,9,17H2,1H3. The molecule has 0 atom stereocenters. The molecule has 0 aliphatic rings. The van der Waals surface area contributed by atoms with Crippen LogP contribution in [0.2, 0.25) is 5.02 Å². The molecule has 18 heavy (non-hydrogen) atoms. The van der Waals surface area contributed by atoms with E-state index in [0.29, 0.717) is 17.3 Å². The summed E-state index contributed by atoms with van der Waals surface area (Å²) in [5.74, 6) is -0.237. The van der Waals surface area contributed by atoms with Crippen LogP contribution in [-0.2, 0) is 6.54 Å². The van der Waals surface area contributed by atoms with Gasteiger partial charge in [0.05, 0.1) is 16.4 Å². The van der Waals surface area contributed by atoms with Crippen molar-refractivity contribution >= 4 is 23.0 Å². The number of nitrogen functional groups attached to an aromatic ring is 1. The van der Waals surface area contributed by atoms with Crippen LogP contribution >= 0.6 is 11.6 Å². The molecule has 0 heterocycles. The van der Waals surface area contributed by atoms with Crippen molar-refractivity contribution in [2.24, 2.45) is 0 Å². The average Bonchev–Trinajstić information content (AvgIpc) is 2.32. The number of benzene rings is 2. The lowest BCUT2D eigenvalue weighted by atomic mass is 10.2. The summed E-state index contributed by atoms with van der Waals surface area (Å²) in [7, 11) is 1.90. The zero-order chi connectivity index (χ0) is 13.1. The quantitative estimate of drug-likeness (QED) is 0.857. The van der Waals surface area contributed by atoms with Crippen LogP contribution < -0.4 is 10.6 Å². The lowest BCUT2D eigenvalue weighted by Gasteiger charge is -2.22. The van der Waals surface area contributed by atoms with E-state index in [9.17, 15) is 4.39 Å². The summed E-state index contributed by atoms with van der Waals surface area (Å²) in [6, 6.07) is 11.8. The zero-order valence-electron chi connectivity index (χ0n) is 10.0. The van der Waals surface area contributed by atoms with Gasteiger partial charge in [0.15, 0.2) is 0 Å². The third-order valence-corrected chi connectivity index (χ3v) is 3.04. The van der Waals surface area contributed by atoms with Gasteiger partial charge in [-0.05, 0) is 29.8 Å². The Morgan fingerprint density at radius 2 is 1.83 bits per heavy atom. The first-order chi connectivity index (χ1) is 8.58. The Morgan fingerprint density at radius 1 is 1.17 bits per heavy atom. The number of hydrogen-bond donors (Lipinski definition) is 1. The molecule has 94 valence electrons. The highest BCUT2D eigenvalue weighted by molar-refractivity contribution is 6.33. The minimum atomic E-state index is -0.237. The number of halogens is 2. The Hall–Kier alpha value is -1.74. The summed E-state index contributed by atoms with van der Waals surface area (Å²) >= 11 is 6.13. The van der Waals surface area contributed by atoms with Crippen LogP contribution in [0.5, 0.6) is 0 Å². The predicted octanol–water partition coefficient (Wildman–Crippen LogP) is 3.70. The van der Waals surface area contributed by atoms with E-state index in [1.54, 1.807) is 18.2 Å². The molecule has 0 bridgehead atoms. The van der Waals surface area contributed by atoms with Crippen molar-refractivity contribution in [2.75, 3.05) is 17.7 Å². The van der Waals surface area contributed by atoms with E-state index < -0.39 is 0 Å². The van der Waals surface area contributed by atoms with Crippen LogP contribution in [0, 0.1) is 5.82 Å². The molecule has 2 aromatic rings. The van der Waals surface area contributed by atoms with Crippen LogP contribution in [0.25, 0.3) is 0 Å². The molecule has 0 spiro atoms. The number of anilines is 2. The molecule has 0 saturated carbocycles. The summed E-state index contributed by atoms with van der Waals surface area (Å²) in [5, 5.41) is 0.611. The van der Waals surface area contributed by atoms with Gasteiger partial charge in [-0.3, -0.25) is 0 Å². The van der Waals surface area contributed by atoms with Crippen molar-refractivity contribution in [3.63, 3.8) is 0 Å². The molecule has 0 amide bonds. The minimum absolute atomic E-state index is 0.237. The normalized spacial score (nSPS) is 10.4. The van der Waals surface area contributed by atoms with Gasteiger partial charge in [0.25, 0.3) is 0 Å². The predicted molar refractivity (Wildman–Crippen MR) is 74.4 cm³/mol. The van der Waals surface area contributed by atoms with E-state index in [0.717, 1.165) is 11.3 Å². The molecule has 0 radical (unpaired) electrons. The first-order valence-electron chi connectivity index (χ1n) is 5.57. The van der Waals surface area contributed by atoms with Crippen molar-refractivity contribution in [3.05, 3.63) is 58.9 Å². The number of rotatable bonds is 3. The molecule has 2 N–H and O–H groups in total. The second-order valence-corrected chi connectivity index (χ2v) is 4.57. The molecule has 0 aliphatic carbocycles. The molecular weight excluding hydrogens is 251 g/mol. The van der Waals surface area contributed by atoms with E-state index in [2.05, 4.69) is 0 Å². The highest BCUT2D eigenvalue weighted by Crippen LogP contribution is 2.31. The first kappa shape index (κ1) is 12.7. The van der Waals surface area contributed by atoms with Crippen LogP contribution in [0.15, 0.2) is 42.5 Å². The zero-order valence-corrected chi connectivity index (χ0v) is 10.8. The Bertz CT molecular complexity index is 520. The van der Waals surface area contributed by atoms with Crippen LogP contribution in [0.3, 0.4) is 0 Å². The van der Waals surface area contributed by atoms with Crippen molar-refractivity contribution in [1.82, 2.24) is 0 Å². The van der Waals surface area contributed by atoms with Crippen LogP contribution in [0.4, 0.5) is 15.8 Å². The third kappa shape index (κ3) is 2.74. The molecule has 0 saturated heterocycles. The monoisotopic (exact) mass is 264 g/mol. The van der Waals surface area contributed by atoms with Gasteiger partial charge in [0, 0.05) is 13.6 Å². The van der Waals surface area contributed by atoms with Crippen LogP contribution in [-0.4, -0.2) is 7.05 Å².